The Hall–Kier alpha value is -1.19. The molecule has 1 aromatic heterocycles. The van der Waals surface area contributed by atoms with Crippen molar-refractivity contribution in [3.05, 3.63) is 41.4 Å². The molecule has 1 aromatic carbocycles. The average Bonchev–Trinajstić information content (AvgIpc) is 2.87. The van der Waals surface area contributed by atoms with Gasteiger partial charge in [0.05, 0.1) is 5.69 Å². The molecule has 1 aliphatic heterocycles. The summed E-state index contributed by atoms with van der Waals surface area (Å²) in [7, 11) is 0. The fraction of sp³-hybridized carbons (Fsp3) is 0.471. The lowest BCUT2D eigenvalue weighted by Gasteiger charge is -2.34. The maximum Gasteiger partial charge on any atom is 0.123 e. The van der Waals surface area contributed by atoms with Crippen molar-refractivity contribution in [2.75, 3.05) is 13.1 Å². The van der Waals surface area contributed by atoms with Gasteiger partial charge >= 0.3 is 0 Å². The van der Waals surface area contributed by atoms with E-state index in [2.05, 4.69) is 54.5 Å². The van der Waals surface area contributed by atoms with Crippen LogP contribution in [0.5, 0.6) is 0 Å². The van der Waals surface area contributed by atoms with Crippen molar-refractivity contribution in [2.24, 2.45) is 11.8 Å². The molecule has 0 saturated carbocycles. The fourth-order valence-electron chi connectivity index (χ4n) is 3.24. The van der Waals surface area contributed by atoms with Crippen molar-refractivity contribution in [2.45, 2.75) is 26.8 Å². The van der Waals surface area contributed by atoms with Gasteiger partial charge in [-0.3, -0.25) is 4.90 Å². The van der Waals surface area contributed by atoms with Crippen LogP contribution in [0.3, 0.4) is 0 Å². The van der Waals surface area contributed by atoms with E-state index in [0.717, 1.165) is 23.4 Å². The summed E-state index contributed by atoms with van der Waals surface area (Å²) in [4.78, 5) is 7.36. The summed E-state index contributed by atoms with van der Waals surface area (Å²) >= 11 is 1.76. The molecule has 2 heterocycles. The summed E-state index contributed by atoms with van der Waals surface area (Å²) in [6, 6.07) is 10.5. The third kappa shape index (κ3) is 3.28. The van der Waals surface area contributed by atoms with Gasteiger partial charge in [-0.2, -0.15) is 0 Å². The van der Waals surface area contributed by atoms with Gasteiger partial charge in [-0.25, -0.2) is 4.98 Å². The van der Waals surface area contributed by atoms with Crippen LogP contribution in [0, 0.1) is 11.8 Å². The van der Waals surface area contributed by atoms with Crippen LogP contribution in [-0.2, 0) is 6.54 Å². The summed E-state index contributed by atoms with van der Waals surface area (Å²) in [5.74, 6) is 1.62. The first-order valence-corrected chi connectivity index (χ1v) is 8.31. The van der Waals surface area contributed by atoms with Gasteiger partial charge in [-0.15, -0.1) is 11.3 Å². The molecule has 3 heteroatoms. The second-order valence-electron chi connectivity index (χ2n) is 6.15. The zero-order chi connectivity index (χ0) is 13.9. The van der Waals surface area contributed by atoms with Gasteiger partial charge in [-0.1, -0.05) is 44.2 Å². The number of nitrogens with zero attached hydrogens (tertiary/aromatic N) is 2. The number of benzene rings is 1. The molecular weight excluding hydrogens is 264 g/mol. The number of aromatic nitrogens is 1. The lowest BCUT2D eigenvalue weighted by atomic mass is 9.92. The predicted octanol–water partition coefficient (Wildman–Crippen LogP) is 4.29. The number of hydrogen-bond acceptors (Lipinski definition) is 3. The molecule has 2 nitrogen and oxygen atoms in total. The Kier molecular flexibility index (Phi) is 4.18. The maximum atomic E-state index is 4.80. The zero-order valence-corrected chi connectivity index (χ0v) is 13.1. The smallest absolute Gasteiger partial charge is 0.123 e. The highest BCUT2D eigenvalue weighted by molar-refractivity contribution is 7.13. The molecule has 0 radical (unpaired) electrons. The summed E-state index contributed by atoms with van der Waals surface area (Å²) in [6.45, 7) is 8.14. The summed E-state index contributed by atoms with van der Waals surface area (Å²) in [6.07, 6.45) is 1.36. The first kappa shape index (κ1) is 13.8. The Bertz CT molecular complexity index is 539. The number of likely N-dealkylation sites (tertiary alicyclic amines) is 1. The van der Waals surface area contributed by atoms with Crippen molar-refractivity contribution < 1.29 is 0 Å². The second-order valence-corrected chi connectivity index (χ2v) is 7.01. The maximum absolute atomic E-state index is 4.80. The van der Waals surface area contributed by atoms with E-state index in [1.165, 1.54) is 30.8 Å². The lowest BCUT2D eigenvalue weighted by molar-refractivity contribution is 0.133. The minimum atomic E-state index is 0.811. The first-order valence-electron chi connectivity index (χ1n) is 7.43. The fourth-order valence-corrected chi connectivity index (χ4v) is 4.06. The largest absolute Gasteiger partial charge is 0.297 e. The van der Waals surface area contributed by atoms with E-state index in [1.54, 1.807) is 11.3 Å². The highest BCUT2D eigenvalue weighted by Crippen LogP contribution is 2.26. The Morgan fingerprint density at radius 2 is 1.85 bits per heavy atom. The highest BCUT2D eigenvalue weighted by atomic mass is 32.1. The molecule has 2 atom stereocenters. The third-order valence-electron chi connectivity index (χ3n) is 3.90. The van der Waals surface area contributed by atoms with Crippen molar-refractivity contribution in [1.29, 1.82) is 0 Å². The molecule has 0 aliphatic carbocycles. The van der Waals surface area contributed by atoms with Gasteiger partial charge in [0.15, 0.2) is 0 Å². The van der Waals surface area contributed by atoms with Gasteiger partial charge in [0.1, 0.15) is 5.01 Å². The Morgan fingerprint density at radius 1 is 1.15 bits per heavy atom. The minimum absolute atomic E-state index is 0.811. The molecular formula is C17H22N2S. The van der Waals surface area contributed by atoms with E-state index in [1.807, 2.05) is 0 Å². The Morgan fingerprint density at radius 3 is 2.55 bits per heavy atom. The number of rotatable bonds is 3. The van der Waals surface area contributed by atoms with E-state index in [0.29, 0.717) is 0 Å². The quantitative estimate of drug-likeness (QED) is 0.837. The van der Waals surface area contributed by atoms with Gasteiger partial charge in [0, 0.05) is 30.6 Å². The molecule has 3 rings (SSSR count). The monoisotopic (exact) mass is 286 g/mol. The Balaban J connectivity index is 1.68. The molecule has 1 saturated heterocycles. The number of piperidine rings is 1. The molecule has 2 unspecified atom stereocenters. The van der Waals surface area contributed by atoms with Gasteiger partial charge in [0.2, 0.25) is 0 Å². The second kappa shape index (κ2) is 6.06. The van der Waals surface area contributed by atoms with E-state index in [-0.39, 0.29) is 0 Å². The molecule has 0 spiro atoms. The number of thiazole rings is 1. The van der Waals surface area contributed by atoms with Gasteiger partial charge < -0.3 is 0 Å². The molecule has 106 valence electrons. The molecule has 1 fully saturated rings. The topological polar surface area (TPSA) is 16.1 Å². The van der Waals surface area contributed by atoms with Crippen LogP contribution in [0.1, 0.15) is 26.0 Å². The van der Waals surface area contributed by atoms with Crippen LogP contribution in [0.25, 0.3) is 10.6 Å². The molecule has 2 aromatic rings. The van der Waals surface area contributed by atoms with Crippen LogP contribution < -0.4 is 0 Å². The molecule has 0 N–H and O–H groups in total. The van der Waals surface area contributed by atoms with Crippen molar-refractivity contribution >= 4 is 11.3 Å². The van der Waals surface area contributed by atoms with E-state index >= 15 is 0 Å². The van der Waals surface area contributed by atoms with Crippen molar-refractivity contribution in [1.82, 2.24) is 9.88 Å². The van der Waals surface area contributed by atoms with Gasteiger partial charge in [0.25, 0.3) is 0 Å². The SMILES string of the molecule is CC1CC(C)CN(Cc2csc(-c3ccccc3)n2)C1. The van der Waals surface area contributed by atoms with Crippen LogP contribution in [-0.4, -0.2) is 23.0 Å². The van der Waals surface area contributed by atoms with Crippen LogP contribution in [0.15, 0.2) is 35.7 Å². The summed E-state index contributed by atoms with van der Waals surface area (Å²) < 4.78 is 0. The Labute approximate surface area is 125 Å². The van der Waals surface area contributed by atoms with Crippen LogP contribution >= 0.6 is 11.3 Å². The first-order chi connectivity index (χ1) is 9.70. The van der Waals surface area contributed by atoms with E-state index in [9.17, 15) is 0 Å². The van der Waals surface area contributed by atoms with Gasteiger partial charge in [-0.05, 0) is 18.3 Å². The minimum Gasteiger partial charge on any atom is -0.297 e. The standard InChI is InChI=1S/C17H22N2S/c1-13-8-14(2)10-19(9-13)11-16-12-20-17(18-16)15-6-4-3-5-7-15/h3-7,12-14H,8-11H2,1-2H3. The van der Waals surface area contributed by atoms with Crippen LogP contribution in [0.2, 0.25) is 0 Å². The van der Waals surface area contributed by atoms with E-state index in [4.69, 9.17) is 4.98 Å². The number of hydrogen-bond donors (Lipinski definition) is 0. The molecule has 0 amide bonds. The predicted molar refractivity (Wildman–Crippen MR) is 85.8 cm³/mol. The van der Waals surface area contributed by atoms with Crippen molar-refractivity contribution in [3.8, 4) is 10.6 Å². The summed E-state index contributed by atoms with van der Waals surface area (Å²) in [5, 5.41) is 3.35. The lowest BCUT2D eigenvalue weighted by Crippen LogP contribution is -2.38. The normalized spacial score (nSPS) is 23.9. The molecule has 1 aliphatic rings. The van der Waals surface area contributed by atoms with Crippen molar-refractivity contribution in [3.63, 3.8) is 0 Å². The molecule has 0 bridgehead atoms. The van der Waals surface area contributed by atoms with Crippen LogP contribution in [0.4, 0.5) is 0 Å². The van der Waals surface area contributed by atoms with E-state index < -0.39 is 0 Å². The highest BCUT2D eigenvalue weighted by Gasteiger charge is 2.22. The zero-order valence-electron chi connectivity index (χ0n) is 12.2. The third-order valence-corrected chi connectivity index (χ3v) is 4.84. The average molecular weight is 286 g/mol. The summed E-state index contributed by atoms with van der Waals surface area (Å²) in [5.41, 5.74) is 2.44. The molecule has 20 heavy (non-hydrogen) atoms.